The lowest BCUT2D eigenvalue weighted by Crippen LogP contribution is -2.15. The highest BCUT2D eigenvalue weighted by molar-refractivity contribution is 7.99. The normalized spacial score (nSPS) is 13.1. The van der Waals surface area contributed by atoms with Gasteiger partial charge in [0.2, 0.25) is 5.91 Å². The molecule has 0 spiro atoms. The zero-order valence-corrected chi connectivity index (χ0v) is 17.0. The van der Waals surface area contributed by atoms with E-state index in [1.165, 1.54) is 22.2 Å². The zero-order chi connectivity index (χ0) is 19.0. The summed E-state index contributed by atoms with van der Waals surface area (Å²) < 4.78 is 0. The lowest BCUT2D eigenvalue weighted by Gasteiger charge is -2.07. The van der Waals surface area contributed by atoms with Crippen LogP contribution in [0.2, 0.25) is 0 Å². The molecule has 140 valence electrons. The summed E-state index contributed by atoms with van der Waals surface area (Å²) in [6.07, 6.45) is 3.16. The van der Waals surface area contributed by atoms with Crippen molar-refractivity contribution in [1.82, 2.24) is 9.97 Å². The second-order valence-corrected chi connectivity index (χ2v) is 9.04. The molecule has 2 N–H and O–H groups in total. The maximum atomic E-state index is 12.4. The van der Waals surface area contributed by atoms with Crippen LogP contribution in [0, 0.1) is 13.8 Å². The number of nitrogens with zero attached hydrogens (tertiary/aromatic N) is 1. The highest BCUT2D eigenvalue weighted by Gasteiger charge is 2.21. The molecule has 0 bridgehead atoms. The van der Waals surface area contributed by atoms with Gasteiger partial charge in [0, 0.05) is 10.6 Å². The number of hydrogen-bond acceptors (Lipinski definition) is 5. The quantitative estimate of drug-likeness (QED) is 0.681. The molecule has 0 saturated heterocycles. The van der Waals surface area contributed by atoms with Gasteiger partial charge in [0.1, 0.15) is 10.7 Å². The summed E-state index contributed by atoms with van der Waals surface area (Å²) in [5.41, 5.74) is 4.20. The van der Waals surface area contributed by atoms with Crippen molar-refractivity contribution in [2.45, 2.75) is 38.9 Å². The molecule has 0 unspecified atom stereocenters. The van der Waals surface area contributed by atoms with E-state index in [2.05, 4.69) is 21.4 Å². The number of H-pyrrole nitrogens is 1. The smallest absolute Gasteiger partial charge is 0.259 e. The average Bonchev–Trinajstić information content (AvgIpc) is 3.14. The van der Waals surface area contributed by atoms with Crippen molar-refractivity contribution in [3.05, 3.63) is 55.9 Å². The van der Waals surface area contributed by atoms with Gasteiger partial charge in [0.25, 0.3) is 5.56 Å². The molecule has 1 amide bonds. The number of nitrogens with one attached hydrogen (secondary N) is 2. The largest absolute Gasteiger partial charge is 0.325 e. The number of fused-ring (bicyclic) bond motifs is 3. The molecule has 0 saturated carbocycles. The number of carbonyl (C=O) groups is 1. The number of anilines is 1. The van der Waals surface area contributed by atoms with E-state index >= 15 is 0 Å². The molecular formula is C20H21N3O2S2. The van der Waals surface area contributed by atoms with Crippen molar-refractivity contribution >= 4 is 44.9 Å². The predicted molar refractivity (Wildman–Crippen MR) is 113 cm³/mol. The number of benzene rings is 1. The van der Waals surface area contributed by atoms with E-state index in [1.54, 1.807) is 11.3 Å². The van der Waals surface area contributed by atoms with E-state index in [9.17, 15) is 9.59 Å². The van der Waals surface area contributed by atoms with E-state index in [1.807, 2.05) is 26.0 Å². The van der Waals surface area contributed by atoms with Crippen molar-refractivity contribution in [3.8, 4) is 0 Å². The van der Waals surface area contributed by atoms with E-state index in [4.69, 9.17) is 0 Å². The van der Waals surface area contributed by atoms with Crippen LogP contribution in [0.3, 0.4) is 0 Å². The van der Waals surface area contributed by atoms with Crippen LogP contribution in [0.15, 0.2) is 23.0 Å². The minimum Gasteiger partial charge on any atom is -0.325 e. The Bertz CT molecular complexity index is 1060. The Hall–Kier alpha value is -2.12. The SMILES string of the molecule is Cc1cc(C)cc(NC(=O)CSCc2nc3sc4c(c3c(=O)[nH]2)CCC4)c1. The van der Waals surface area contributed by atoms with Crippen LogP contribution >= 0.6 is 23.1 Å². The van der Waals surface area contributed by atoms with Crippen LogP contribution in [0.5, 0.6) is 0 Å². The van der Waals surface area contributed by atoms with Crippen LogP contribution in [-0.2, 0) is 23.4 Å². The molecule has 5 nitrogen and oxygen atoms in total. The van der Waals surface area contributed by atoms with E-state index < -0.39 is 0 Å². The summed E-state index contributed by atoms with van der Waals surface area (Å²) in [4.78, 5) is 34.3. The summed E-state index contributed by atoms with van der Waals surface area (Å²) in [5.74, 6) is 1.41. The number of rotatable bonds is 5. The second kappa shape index (κ2) is 7.48. The van der Waals surface area contributed by atoms with Crippen LogP contribution in [0.25, 0.3) is 10.2 Å². The first-order chi connectivity index (χ1) is 13.0. The monoisotopic (exact) mass is 399 g/mol. The molecule has 0 fully saturated rings. The van der Waals surface area contributed by atoms with Gasteiger partial charge < -0.3 is 10.3 Å². The molecule has 1 aromatic carbocycles. The summed E-state index contributed by atoms with van der Waals surface area (Å²) >= 11 is 3.09. The first-order valence-corrected chi connectivity index (χ1v) is 11.0. The van der Waals surface area contributed by atoms with Crippen LogP contribution in [-0.4, -0.2) is 21.6 Å². The van der Waals surface area contributed by atoms with Crippen LogP contribution < -0.4 is 10.9 Å². The first kappa shape index (κ1) is 18.3. The molecular weight excluding hydrogens is 378 g/mol. The topological polar surface area (TPSA) is 74.8 Å². The summed E-state index contributed by atoms with van der Waals surface area (Å²) in [7, 11) is 0. The van der Waals surface area contributed by atoms with Gasteiger partial charge in [-0.05, 0) is 61.9 Å². The fourth-order valence-corrected chi connectivity index (χ4v) is 5.57. The molecule has 0 radical (unpaired) electrons. The molecule has 7 heteroatoms. The lowest BCUT2D eigenvalue weighted by molar-refractivity contribution is -0.113. The van der Waals surface area contributed by atoms with Crippen LogP contribution in [0.1, 0.15) is 33.8 Å². The standard InChI is InChI=1S/C20H21N3O2S2/c1-11-6-12(2)8-13(7-11)21-17(24)10-26-9-16-22-19(25)18-14-4-3-5-15(14)27-20(18)23-16/h6-8H,3-5,9-10H2,1-2H3,(H,21,24)(H,22,23,25). The van der Waals surface area contributed by atoms with E-state index in [0.29, 0.717) is 17.3 Å². The minimum absolute atomic E-state index is 0.0466. The maximum absolute atomic E-state index is 12.4. The minimum atomic E-state index is -0.0523. The molecule has 4 rings (SSSR count). The van der Waals surface area contributed by atoms with E-state index in [0.717, 1.165) is 46.3 Å². The average molecular weight is 400 g/mol. The van der Waals surface area contributed by atoms with E-state index in [-0.39, 0.29) is 11.5 Å². The molecule has 1 aliphatic carbocycles. The van der Waals surface area contributed by atoms with Crippen molar-refractivity contribution in [1.29, 1.82) is 0 Å². The van der Waals surface area contributed by atoms with Gasteiger partial charge in [-0.25, -0.2) is 4.98 Å². The Balaban J connectivity index is 1.39. The van der Waals surface area contributed by atoms with Crippen molar-refractivity contribution < 1.29 is 4.79 Å². The number of aryl methyl sites for hydroxylation is 4. The number of thiophene rings is 1. The molecule has 0 aliphatic heterocycles. The van der Waals surface area contributed by atoms with Crippen molar-refractivity contribution in [3.63, 3.8) is 0 Å². The number of carbonyl (C=O) groups excluding carboxylic acids is 1. The van der Waals surface area contributed by atoms with Gasteiger partial charge in [-0.15, -0.1) is 23.1 Å². The van der Waals surface area contributed by atoms with Crippen LogP contribution in [0.4, 0.5) is 5.69 Å². The number of aromatic amines is 1. The summed E-state index contributed by atoms with van der Waals surface area (Å²) in [6, 6.07) is 5.99. The number of thioether (sulfide) groups is 1. The molecule has 1 aliphatic rings. The van der Waals surface area contributed by atoms with Gasteiger partial charge in [0.05, 0.1) is 16.9 Å². The Morgan fingerprint density at radius 2 is 2.04 bits per heavy atom. The van der Waals surface area contributed by atoms with Crippen molar-refractivity contribution in [2.75, 3.05) is 11.1 Å². The van der Waals surface area contributed by atoms with Gasteiger partial charge in [-0.1, -0.05) is 6.07 Å². The molecule has 27 heavy (non-hydrogen) atoms. The maximum Gasteiger partial charge on any atom is 0.259 e. The third-order valence-electron chi connectivity index (χ3n) is 4.60. The Morgan fingerprint density at radius 1 is 1.26 bits per heavy atom. The Morgan fingerprint density at radius 3 is 2.81 bits per heavy atom. The highest BCUT2D eigenvalue weighted by atomic mass is 32.2. The third-order valence-corrected chi connectivity index (χ3v) is 6.73. The van der Waals surface area contributed by atoms with Gasteiger partial charge >= 0.3 is 0 Å². The first-order valence-electron chi connectivity index (χ1n) is 8.99. The highest BCUT2D eigenvalue weighted by Crippen LogP contribution is 2.34. The molecule has 3 aromatic rings. The van der Waals surface area contributed by atoms with Crippen molar-refractivity contribution in [2.24, 2.45) is 0 Å². The van der Waals surface area contributed by atoms with Gasteiger partial charge in [-0.2, -0.15) is 0 Å². The molecule has 0 atom stereocenters. The Kier molecular flexibility index (Phi) is 5.06. The second-order valence-electron chi connectivity index (χ2n) is 6.97. The number of hydrogen-bond donors (Lipinski definition) is 2. The number of amides is 1. The third kappa shape index (κ3) is 3.94. The molecule has 2 aromatic heterocycles. The number of aromatic nitrogens is 2. The summed E-state index contributed by atoms with van der Waals surface area (Å²) in [5, 5.41) is 3.70. The van der Waals surface area contributed by atoms with Gasteiger partial charge in [0.15, 0.2) is 0 Å². The molecule has 2 heterocycles. The van der Waals surface area contributed by atoms with Gasteiger partial charge in [-0.3, -0.25) is 9.59 Å². The fraction of sp³-hybridized carbons (Fsp3) is 0.350. The fourth-order valence-electron chi connectivity index (χ4n) is 3.60. The predicted octanol–water partition coefficient (Wildman–Crippen LogP) is 3.96. The zero-order valence-electron chi connectivity index (χ0n) is 15.3. The summed E-state index contributed by atoms with van der Waals surface area (Å²) in [6.45, 7) is 4.02. The Labute approximate surface area is 165 Å². The lowest BCUT2D eigenvalue weighted by atomic mass is 10.1.